The van der Waals surface area contributed by atoms with E-state index in [-0.39, 0.29) is 21.4 Å². The maximum atomic E-state index is 12.3. The monoisotopic (exact) mass is 308 g/mol. The van der Waals surface area contributed by atoms with Crippen LogP contribution in [-0.4, -0.2) is 23.4 Å². The lowest BCUT2D eigenvalue weighted by molar-refractivity contribution is 0.600. The summed E-state index contributed by atoms with van der Waals surface area (Å²) in [5.41, 5.74) is 6.47. The zero-order valence-electron chi connectivity index (χ0n) is 10.6. The summed E-state index contributed by atoms with van der Waals surface area (Å²) in [5, 5.41) is 0. The minimum absolute atomic E-state index is 0.0575. The Kier molecular flexibility index (Phi) is 3.96. The lowest BCUT2D eigenvalue weighted by Crippen LogP contribution is -2.21. The van der Waals surface area contributed by atoms with Gasteiger partial charge < -0.3 is 5.73 Å². The van der Waals surface area contributed by atoms with Gasteiger partial charge in [-0.25, -0.2) is 13.4 Å². The van der Waals surface area contributed by atoms with Gasteiger partial charge in [0.25, 0.3) is 10.0 Å². The highest BCUT2D eigenvalue weighted by molar-refractivity contribution is 7.93. The van der Waals surface area contributed by atoms with Gasteiger partial charge >= 0.3 is 0 Å². The maximum absolute atomic E-state index is 12.3. The molecule has 0 aliphatic carbocycles. The van der Waals surface area contributed by atoms with Crippen molar-refractivity contribution in [1.29, 1.82) is 0 Å². The van der Waals surface area contributed by atoms with Crippen molar-refractivity contribution in [3.63, 3.8) is 0 Å². The van der Waals surface area contributed by atoms with Crippen molar-refractivity contribution in [3.05, 3.63) is 47.9 Å². The third kappa shape index (κ3) is 3.09. The fourth-order valence-corrected chi connectivity index (χ4v) is 2.92. The first kappa shape index (κ1) is 14.4. The van der Waals surface area contributed by atoms with Crippen LogP contribution in [0.2, 0.25) is 0 Å². The Labute approximate surface area is 122 Å². The van der Waals surface area contributed by atoms with Gasteiger partial charge in [-0.15, -0.1) is 0 Å². The molecule has 2 rings (SSSR count). The summed E-state index contributed by atoms with van der Waals surface area (Å²) in [4.78, 5) is 7.73. The highest BCUT2D eigenvalue weighted by atomic mass is 32.2. The Bertz CT molecular complexity index is 742. The van der Waals surface area contributed by atoms with E-state index < -0.39 is 10.0 Å². The molecule has 0 radical (unpaired) electrons. The van der Waals surface area contributed by atoms with E-state index in [4.69, 9.17) is 18.0 Å². The number of rotatable bonds is 4. The second-order valence-corrected chi connectivity index (χ2v) is 6.13. The maximum Gasteiger partial charge on any atom is 0.265 e. The number of sulfonamides is 1. The summed E-state index contributed by atoms with van der Waals surface area (Å²) >= 11 is 4.81. The van der Waals surface area contributed by atoms with Gasteiger partial charge in [0.05, 0.1) is 0 Å². The number of nitrogens with zero attached hydrogens (tertiary/aromatic N) is 2. The van der Waals surface area contributed by atoms with Crippen molar-refractivity contribution in [2.24, 2.45) is 5.73 Å². The summed E-state index contributed by atoms with van der Waals surface area (Å²) in [7, 11) is -3.84. The molecule has 8 heteroatoms. The van der Waals surface area contributed by atoms with Gasteiger partial charge in [0.15, 0.2) is 0 Å². The van der Waals surface area contributed by atoms with E-state index in [0.29, 0.717) is 0 Å². The third-order valence-corrected chi connectivity index (χ3v) is 4.02. The molecular formula is C12H12N4O2S2. The second-order valence-electron chi connectivity index (χ2n) is 4.04. The van der Waals surface area contributed by atoms with Crippen LogP contribution in [0.15, 0.2) is 41.6 Å². The van der Waals surface area contributed by atoms with Gasteiger partial charge in [-0.1, -0.05) is 18.3 Å². The molecule has 2 aromatic rings. The summed E-state index contributed by atoms with van der Waals surface area (Å²) < 4.78 is 27.0. The van der Waals surface area contributed by atoms with Crippen molar-refractivity contribution >= 4 is 33.0 Å². The van der Waals surface area contributed by atoms with Gasteiger partial charge in [-0.3, -0.25) is 9.71 Å². The smallest absolute Gasteiger partial charge is 0.265 e. The van der Waals surface area contributed by atoms with E-state index in [1.54, 1.807) is 18.3 Å². The Morgan fingerprint density at radius 3 is 2.65 bits per heavy atom. The van der Waals surface area contributed by atoms with Crippen molar-refractivity contribution in [1.82, 2.24) is 9.97 Å². The Morgan fingerprint density at radius 1 is 1.30 bits per heavy atom. The zero-order valence-corrected chi connectivity index (χ0v) is 12.2. The molecule has 0 aliphatic heterocycles. The average Bonchev–Trinajstić information content (AvgIpc) is 2.41. The molecular weight excluding hydrogens is 296 g/mol. The molecule has 104 valence electrons. The van der Waals surface area contributed by atoms with Gasteiger partial charge in [-0.05, 0) is 30.7 Å². The number of nitrogens with one attached hydrogen (secondary N) is 1. The predicted octanol–water partition coefficient (Wildman–Crippen LogP) is 1.22. The minimum atomic E-state index is -3.84. The van der Waals surface area contributed by atoms with Crippen molar-refractivity contribution < 1.29 is 8.42 Å². The van der Waals surface area contributed by atoms with Crippen LogP contribution in [0.25, 0.3) is 0 Å². The second kappa shape index (κ2) is 5.51. The molecule has 0 saturated carbocycles. The minimum Gasteiger partial charge on any atom is -0.388 e. The molecule has 6 nitrogen and oxygen atoms in total. The molecule has 0 aromatic carbocycles. The topological polar surface area (TPSA) is 98.0 Å². The van der Waals surface area contributed by atoms with E-state index in [1.807, 2.05) is 6.92 Å². The van der Waals surface area contributed by atoms with Crippen molar-refractivity contribution in [2.45, 2.75) is 11.8 Å². The largest absolute Gasteiger partial charge is 0.388 e. The molecule has 0 atom stereocenters. The molecule has 0 fully saturated rings. The van der Waals surface area contributed by atoms with Crippen LogP contribution < -0.4 is 10.5 Å². The van der Waals surface area contributed by atoms with Crippen molar-refractivity contribution in [2.75, 3.05) is 4.72 Å². The lowest BCUT2D eigenvalue weighted by atomic mass is 10.3. The highest BCUT2D eigenvalue weighted by Gasteiger charge is 2.21. The molecule has 2 aromatic heterocycles. The van der Waals surface area contributed by atoms with Crippen LogP contribution in [0, 0.1) is 6.92 Å². The number of pyridine rings is 2. The van der Waals surface area contributed by atoms with E-state index in [9.17, 15) is 8.42 Å². The molecule has 2 heterocycles. The first-order valence-electron chi connectivity index (χ1n) is 5.60. The van der Waals surface area contributed by atoms with E-state index in [0.717, 1.165) is 5.56 Å². The fourth-order valence-electron chi connectivity index (χ4n) is 1.51. The number of thiocarbonyl (C=S) groups is 1. The summed E-state index contributed by atoms with van der Waals surface area (Å²) in [6.45, 7) is 1.86. The van der Waals surface area contributed by atoms with Gasteiger partial charge in [-0.2, -0.15) is 0 Å². The molecule has 20 heavy (non-hydrogen) atoms. The first-order chi connectivity index (χ1) is 9.40. The van der Waals surface area contributed by atoms with Crippen LogP contribution in [0.4, 0.5) is 5.82 Å². The van der Waals surface area contributed by atoms with Crippen LogP contribution in [0.5, 0.6) is 0 Å². The lowest BCUT2D eigenvalue weighted by Gasteiger charge is -2.10. The zero-order chi connectivity index (χ0) is 14.8. The SMILES string of the molecule is Cc1ccc(NS(=O)(=O)c2cccnc2C(N)=S)nc1. The Balaban J connectivity index is 2.41. The number of hydrogen-bond donors (Lipinski definition) is 2. The van der Waals surface area contributed by atoms with Crippen LogP contribution >= 0.6 is 12.2 Å². The fraction of sp³-hybridized carbons (Fsp3) is 0.0833. The van der Waals surface area contributed by atoms with Crippen molar-refractivity contribution in [3.8, 4) is 0 Å². The molecule has 0 amide bonds. The quantitative estimate of drug-likeness (QED) is 0.824. The van der Waals surface area contributed by atoms with Crippen LogP contribution in [0.1, 0.15) is 11.3 Å². The van der Waals surface area contributed by atoms with E-state index in [2.05, 4.69) is 14.7 Å². The predicted molar refractivity (Wildman–Crippen MR) is 79.9 cm³/mol. The average molecular weight is 308 g/mol. The number of hydrogen-bond acceptors (Lipinski definition) is 5. The molecule has 0 unspecified atom stereocenters. The van der Waals surface area contributed by atoms with Crippen LogP contribution in [0.3, 0.4) is 0 Å². The third-order valence-electron chi connectivity index (χ3n) is 2.44. The van der Waals surface area contributed by atoms with E-state index in [1.165, 1.54) is 18.3 Å². The van der Waals surface area contributed by atoms with Crippen LogP contribution in [-0.2, 0) is 10.0 Å². The molecule has 0 bridgehead atoms. The first-order valence-corrected chi connectivity index (χ1v) is 7.49. The van der Waals surface area contributed by atoms with E-state index >= 15 is 0 Å². The Hall–Kier alpha value is -2.06. The van der Waals surface area contributed by atoms with Gasteiger partial charge in [0, 0.05) is 12.4 Å². The summed E-state index contributed by atoms with van der Waals surface area (Å²) in [6, 6.07) is 6.21. The molecule has 3 N–H and O–H groups in total. The summed E-state index contributed by atoms with van der Waals surface area (Å²) in [5.74, 6) is 0.216. The Morgan fingerprint density at radius 2 is 2.05 bits per heavy atom. The normalized spacial score (nSPS) is 11.1. The highest BCUT2D eigenvalue weighted by Crippen LogP contribution is 2.17. The summed E-state index contributed by atoms with van der Waals surface area (Å²) in [6.07, 6.45) is 2.99. The molecule has 0 spiro atoms. The van der Waals surface area contributed by atoms with Gasteiger partial charge in [0.2, 0.25) is 0 Å². The molecule has 0 aliphatic rings. The standard InChI is InChI=1S/C12H12N4O2S2/c1-8-4-5-10(15-7-8)16-20(17,18)9-3-2-6-14-11(9)12(13)19/h2-7H,1H3,(H2,13,19)(H,15,16). The number of nitrogens with two attached hydrogens (primary N) is 1. The number of aryl methyl sites for hydroxylation is 1. The van der Waals surface area contributed by atoms with Gasteiger partial charge in [0.1, 0.15) is 21.4 Å². The number of anilines is 1. The number of aromatic nitrogens is 2. The molecule has 0 saturated heterocycles.